The number of methoxy groups -OCH3 is 1. The molecule has 0 spiro atoms. The third kappa shape index (κ3) is 7.51. The van der Waals surface area contributed by atoms with Gasteiger partial charge in [-0.3, -0.25) is 4.99 Å². The molecule has 2 aromatic rings. The maximum absolute atomic E-state index is 5.33. The number of benzene rings is 1. The number of hydrogen-bond donors (Lipinski definition) is 2. The van der Waals surface area contributed by atoms with E-state index in [9.17, 15) is 0 Å². The first-order chi connectivity index (χ1) is 12.3. The molecule has 0 unspecified atom stereocenters. The Kier molecular flexibility index (Phi) is 11.3. The molecule has 2 rings (SSSR count). The molecule has 0 saturated heterocycles. The van der Waals surface area contributed by atoms with E-state index in [0.717, 1.165) is 44.4 Å². The van der Waals surface area contributed by atoms with Crippen LogP contribution < -0.4 is 15.4 Å². The molecule has 2 N–H and O–H groups in total. The maximum atomic E-state index is 5.33. The van der Waals surface area contributed by atoms with Crippen LogP contribution in [0, 0.1) is 0 Å². The second-order valence-electron chi connectivity index (χ2n) is 5.40. The van der Waals surface area contributed by atoms with E-state index in [2.05, 4.69) is 39.9 Å². The van der Waals surface area contributed by atoms with Gasteiger partial charge in [0.2, 0.25) is 0 Å². The van der Waals surface area contributed by atoms with Crippen molar-refractivity contribution in [3.05, 3.63) is 41.3 Å². The molecule has 1 heterocycles. The van der Waals surface area contributed by atoms with Crippen molar-refractivity contribution in [3.8, 4) is 16.2 Å². The minimum absolute atomic E-state index is 0. The lowest BCUT2D eigenvalue weighted by Crippen LogP contribution is -2.37. The number of halogens is 1. The average molecular weight is 489 g/mol. The van der Waals surface area contributed by atoms with Gasteiger partial charge in [-0.25, -0.2) is 0 Å². The van der Waals surface area contributed by atoms with Gasteiger partial charge in [-0.1, -0.05) is 0 Å². The minimum atomic E-state index is 0. The van der Waals surface area contributed by atoms with E-state index in [1.165, 1.54) is 15.3 Å². The molecule has 0 aliphatic rings. The molecule has 0 atom stereocenters. The topological polar surface area (TPSA) is 54.9 Å². The van der Waals surface area contributed by atoms with Crippen LogP contribution in [0.5, 0.6) is 5.75 Å². The molecule has 7 heteroatoms. The Bertz CT molecular complexity index is 659. The van der Waals surface area contributed by atoms with Crippen molar-refractivity contribution in [2.24, 2.45) is 4.99 Å². The summed E-state index contributed by atoms with van der Waals surface area (Å²) in [5, 5.41) is 6.65. The van der Waals surface area contributed by atoms with Gasteiger partial charge in [0.25, 0.3) is 0 Å². The lowest BCUT2D eigenvalue weighted by Gasteiger charge is -2.11. The fraction of sp³-hybridized carbons (Fsp3) is 0.421. The van der Waals surface area contributed by atoms with Crippen LogP contribution in [-0.2, 0) is 11.3 Å². The first kappa shape index (κ1) is 22.7. The Morgan fingerprint density at radius 2 is 1.88 bits per heavy atom. The van der Waals surface area contributed by atoms with Gasteiger partial charge >= 0.3 is 0 Å². The third-order valence-electron chi connectivity index (χ3n) is 3.65. The highest BCUT2D eigenvalue weighted by Gasteiger charge is 2.04. The molecule has 0 saturated carbocycles. The lowest BCUT2D eigenvalue weighted by atomic mass is 10.2. The van der Waals surface area contributed by atoms with E-state index in [1.54, 1.807) is 25.5 Å². The van der Waals surface area contributed by atoms with Gasteiger partial charge in [-0.15, -0.1) is 35.3 Å². The van der Waals surface area contributed by atoms with Crippen molar-refractivity contribution in [1.82, 2.24) is 10.6 Å². The fourth-order valence-electron chi connectivity index (χ4n) is 2.30. The summed E-state index contributed by atoms with van der Waals surface area (Å²) in [4.78, 5) is 6.77. The van der Waals surface area contributed by atoms with Gasteiger partial charge in [0.15, 0.2) is 5.96 Å². The largest absolute Gasteiger partial charge is 0.497 e. The van der Waals surface area contributed by atoms with Gasteiger partial charge in [0, 0.05) is 36.6 Å². The number of thiophene rings is 1. The Morgan fingerprint density at radius 1 is 1.12 bits per heavy atom. The molecule has 1 aromatic heterocycles. The summed E-state index contributed by atoms with van der Waals surface area (Å²) in [7, 11) is 3.47. The highest BCUT2D eigenvalue weighted by molar-refractivity contribution is 14.0. The first-order valence-corrected chi connectivity index (χ1v) is 9.34. The summed E-state index contributed by atoms with van der Waals surface area (Å²) in [6.45, 7) is 5.15. The van der Waals surface area contributed by atoms with Crippen molar-refractivity contribution < 1.29 is 9.47 Å². The normalized spacial score (nSPS) is 11.0. The molecular weight excluding hydrogens is 461 g/mol. The Morgan fingerprint density at radius 3 is 2.54 bits per heavy atom. The average Bonchev–Trinajstić information content (AvgIpc) is 3.13. The number of hydrogen-bond acceptors (Lipinski definition) is 4. The van der Waals surface area contributed by atoms with Crippen molar-refractivity contribution in [2.75, 3.05) is 33.9 Å². The van der Waals surface area contributed by atoms with Gasteiger partial charge < -0.3 is 20.1 Å². The molecule has 0 fully saturated rings. The summed E-state index contributed by atoms with van der Waals surface area (Å²) >= 11 is 1.78. The number of rotatable bonds is 9. The summed E-state index contributed by atoms with van der Waals surface area (Å²) < 4.78 is 10.5. The van der Waals surface area contributed by atoms with Crippen LogP contribution in [0.25, 0.3) is 10.4 Å². The van der Waals surface area contributed by atoms with Gasteiger partial charge in [0.05, 0.1) is 13.7 Å². The van der Waals surface area contributed by atoms with Gasteiger partial charge in [0.1, 0.15) is 5.75 Å². The quantitative estimate of drug-likeness (QED) is 0.241. The Labute approximate surface area is 177 Å². The van der Waals surface area contributed by atoms with Gasteiger partial charge in [-0.05, 0) is 55.3 Å². The summed E-state index contributed by atoms with van der Waals surface area (Å²) in [6, 6.07) is 12.4. The Hall–Kier alpha value is -1.32. The number of aliphatic imine (C=N–C) groups is 1. The highest BCUT2D eigenvalue weighted by atomic mass is 127. The molecule has 5 nitrogen and oxygen atoms in total. The molecule has 26 heavy (non-hydrogen) atoms. The zero-order valence-electron chi connectivity index (χ0n) is 15.6. The predicted molar refractivity (Wildman–Crippen MR) is 121 cm³/mol. The first-order valence-electron chi connectivity index (χ1n) is 8.52. The zero-order chi connectivity index (χ0) is 17.9. The Balaban J connectivity index is 0.00000338. The summed E-state index contributed by atoms with van der Waals surface area (Å²) in [5.41, 5.74) is 1.20. The lowest BCUT2D eigenvalue weighted by molar-refractivity contribution is 0.145. The smallest absolute Gasteiger partial charge is 0.191 e. The standard InChI is InChI=1S/C19H27N3O2S.HI/c1-4-24-13-5-12-21-19(20-2)22-14-17-10-11-18(25-17)15-6-8-16(23-3)9-7-15;/h6-11H,4-5,12-14H2,1-3H3,(H2,20,21,22);1H. The second-order valence-corrected chi connectivity index (χ2v) is 6.57. The van der Waals surface area contributed by atoms with E-state index < -0.39 is 0 Å². The molecule has 0 bridgehead atoms. The van der Waals surface area contributed by atoms with Crippen LogP contribution >= 0.6 is 35.3 Å². The number of nitrogens with zero attached hydrogens (tertiary/aromatic N) is 1. The molecule has 0 aliphatic carbocycles. The van der Waals surface area contributed by atoms with E-state index in [0.29, 0.717) is 0 Å². The predicted octanol–water partition coefficient (Wildman–Crippen LogP) is 4.13. The van der Waals surface area contributed by atoms with Gasteiger partial charge in [-0.2, -0.15) is 0 Å². The van der Waals surface area contributed by atoms with Crippen molar-refractivity contribution in [1.29, 1.82) is 0 Å². The maximum Gasteiger partial charge on any atom is 0.191 e. The molecule has 0 amide bonds. The molecule has 0 radical (unpaired) electrons. The summed E-state index contributed by atoms with van der Waals surface area (Å²) in [5.74, 6) is 1.69. The third-order valence-corrected chi connectivity index (χ3v) is 4.79. The number of nitrogens with one attached hydrogen (secondary N) is 2. The zero-order valence-corrected chi connectivity index (χ0v) is 18.7. The van der Waals surface area contributed by atoms with Crippen molar-refractivity contribution in [2.45, 2.75) is 19.9 Å². The molecule has 144 valence electrons. The fourth-order valence-corrected chi connectivity index (χ4v) is 3.25. The van der Waals surface area contributed by atoms with Crippen molar-refractivity contribution >= 4 is 41.3 Å². The van der Waals surface area contributed by atoms with E-state index in [-0.39, 0.29) is 24.0 Å². The molecule has 0 aliphatic heterocycles. The number of ether oxygens (including phenoxy) is 2. The SMILES string of the molecule is CCOCCCNC(=NC)NCc1ccc(-c2ccc(OC)cc2)s1.I. The van der Waals surface area contributed by atoms with Crippen LogP contribution in [0.1, 0.15) is 18.2 Å². The second kappa shape index (κ2) is 12.9. The van der Waals surface area contributed by atoms with E-state index in [4.69, 9.17) is 9.47 Å². The van der Waals surface area contributed by atoms with E-state index in [1.807, 2.05) is 19.1 Å². The van der Waals surface area contributed by atoms with Crippen LogP contribution in [0.15, 0.2) is 41.4 Å². The van der Waals surface area contributed by atoms with Crippen LogP contribution in [-0.4, -0.2) is 39.9 Å². The molecular formula is C19H28IN3O2S. The molecule has 1 aromatic carbocycles. The van der Waals surface area contributed by atoms with Crippen LogP contribution in [0.4, 0.5) is 0 Å². The minimum Gasteiger partial charge on any atom is -0.497 e. The van der Waals surface area contributed by atoms with E-state index >= 15 is 0 Å². The van der Waals surface area contributed by atoms with Crippen LogP contribution in [0.3, 0.4) is 0 Å². The van der Waals surface area contributed by atoms with Crippen LogP contribution in [0.2, 0.25) is 0 Å². The monoisotopic (exact) mass is 489 g/mol. The highest BCUT2D eigenvalue weighted by Crippen LogP contribution is 2.29. The number of guanidine groups is 1. The van der Waals surface area contributed by atoms with Crippen molar-refractivity contribution in [3.63, 3.8) is 0 Å². The summed E-state index contributed by atoms with van der Waals surface area (Å²) in [6.07, 6.45) is 0.967.